The molecule has 2 amide bonds. The summed E-state index contributed by atoms with van der Waals surface area (Å²) in [5.41, 5.74) is 1.63. The summed E-state index contributed by atoms with van der Waals surface area (Å²) in [6.07, 6.45) is 0.168. The molecule has 0 unspecified atom stereocenters. The Kier molecular flexibility index (Phi) is 9.82. The molecule has 1 fully saturated rings. The number of carbonyl (C=O) groups excluding carboxylic acids is 2. The maximum absolute atomic E-state index is 13.2. The standard InChI is InChI=1S/C27H29N3O7S3/c1-2-20(31)22-24(33)29-23(25(34)35)26(38-14-6-9-21(32)28-15-17-7-4-3-5-8-17)40-27(22,29)39-16-18-10-12-19(13-11-18)30(36)37/h3-5,7-8,10-13,20,22,31H,2,6,9,14-16H2,1H3,(H,28,32)(H,34,35)/t20-,22+,27+/m0/s1. The second-order valence-electron chi connectivity index (χ2n) is 9.23. The first-order valence-electron chi connectivity index (χ1n) is 12.7. The van der Waals surface area contributed by atoms with Crippen LogP contribution in [0.25, 0.3) is 0 Å². The summed E-state index contributed by atoms with van der Waals surface area (Å²) in [5, 5.41) is 34.6. The molecular formula is C27H29N3O7S3. The average molecular weight is 604 g/mol. The predicted octanol–water partition coefficient (Wildman–Crippen LogP) is 4.54. The molecule has 0 saturated carbocycles. The number of hydrogen-bond acceptors (Lipinski definition) is 9. The molecule has 0 aliphatic carbocycles. The molecular weight excluding hydrogens is 575 g/mol. The first-order valence-corrected chi connectivity index (χ1v) is 15.5. The number of thioether (sulfide) groups is 3. The van der Waals surface area contributed by atoms with Crippen LogP contribution in [0, 0.1) is 16.0 Å². The zero-order valence-corrected chi connectivity index (χ0v) is 24.1. The van der Waals surface area contributed by atoms with Crippen molar-refractivity contribution in [3.05, 3.63) is 85.8 Å². The van der Waals surface area contributed by atoms with E-state index in [0.717, 1.165) is 11.1 Å². The van der Waals surface area contributed by atoms with Gasteiger partial charge in [-0.1, -0.05) is 61.2 Å². The van der Waals surface area contributed by atoms with Gasteiger partial charge < -0.3 is 15.5 Å². The van der Waals surface area contributed by atoms with E-state index in [1.807, 2.05) is 30.3 Å². The molecule has 4 rings (SSSR count). The third-order valence-electron chi connectivity index (χ3n) is 6.56. The van der Waals surface area contributed by atoms with Crippen LogP contribution in [-0.2, 0) is 26.7 Å². The number of nitrogens with one attached hydrogen (secondary N) is 1. The molecule has 13 heteroatoms. The number of nitro benzene ring substituents is 1. The normalized spacial score (nSPS) is 20.6. The first kappa shape index (κ1) is 30.0. The summed E-state index contributed by atoms with van der Waals surface area (Å²) < 4.78 is -0.579. The SMILES string of the molecule is CC[C@H](O)[C@@H]1C(=O)N2C(C(=O)O)=C(SCCCC(=O)NCc3ccccc3)S[C@]12SCc1ccc([N+](=O)[O-])cc1. The Hall–Kier alpha value is -3.00. The van der Waals surface area contributed by atoms with E-state index in [9.17, 15) is 34.7 Å². The quantitative estimate of drug-likeness (QED) is 0.122. The van der Waals surface area contributed by atoms with Gasteiger partial charge in [-0.15, -0.1) is 23.5 Å². The van der Waals surface area contributed by atoms with E-state index in [1.165, 1.54) is 52.3 Å². The number of amides is 2. The van der Waals surface area contributed by atoms with Crippen LogP contribution in [0.4, 0.5) is 5.69 Å². The Morgan fingerprint density at radius 1 is 1.18 bits per heavy atom. The Labute approximate surface area is 244 Å². The summed E-state index contributed by atoms with van der Waals surface area (Å²) in [7, 11) is 0. The van der Waals surface area contributed by atoms with Gasteiger partial charge in [-0.2, -0.15) is 0 Å². The second-order valence-corrected chi connectivity index (χ2v) is 13.3. The molecule has 2 aromatic rings. The molecule has 0 bridgehead atoms. The number of carboxylic acids is 1. The van der Waals surface area contributed by atoms with Crippen LogP contribution in [0.5, 0.6) is 0 Å². The van der Waals surface area contributed by atoms with E-state index in [-0.39, 0.29) is 23.7 Å². The van der Waals surface area contributed by atoms with Crippen molar-refractivity contribution in [3.63, 3.8) is 0 Å². The Morgan fingerprint density at radius 3 is 2.50 bits per heavy atom. The minimum absolute atomic E-state index is 0.0378. The molecule has 3 N–H and O–H groups in total. The maximum atomic E-state index is 13.2. The highest BCUT2D eigenvalue weighted by atomic mass is 32.2. The Bertz CT molecular complexity index is 1310. The number of benzene rings is 2. The van der Waals surface area contributed by atoms with Crippen LogP contribution in [-0.4, -0.2) is 53.9 Å². The van der Waals surface area contributed by atoms with Crippen LogP contribution in [0.1, 0.15) is 37.3 Å². The number of hydrogen-bond donors (Lipinski definition) is 3. The number of aliphatic carboxylic acids is 1. The molecule has 10 nitrogen and oxygen atoms in total. The highest BCUT2D eigenvalue weighted by molar-refractivity contribution is 8.29. The van der Waals surface area contributed by atoms with E-state index < -0.39 is 33.0 Å². The van der Waals surface area contributed by atoms with Gasteiger partial charge in [-0.05, 0) is 29.7 Å². The number of nitrogens with zero attached hydrogens (tertiary/aromatic N) is 2. The zero-order chi connectivity index (χ0) is 28.9. The average Bonchev–Trinajstić information content (AvgIpc) is 3.24. The van der Waals surface area contributed by atoms with Gasteiger partial charge in [0.05, 0.1) is 15.3 Å². The molecule has 40 heavy (non-hydrogen) atoms. The monoisotopic (exact) mass is 603 g/mol. The van der Waals surface area contributed by atoms with Gasteiger partial charge in [-0.3, -0.25) is 24.6 Å². The van der Waals surface area contributed by atoms with Crippen molar-refractivity contribution in [1.29, 1.82) is 0 Å². The lowest BCUT2D eigenvalue weighted by Gasteiger charge is -2.53. The number of non-ortho nitro benzene ring substituents is 1. The van der Waals surface area contributed by atoms with Gasteiger partial charge >= 0.3 is 5.97 Å². The maximum Gasteiger partial charge on any atom is 0.354 e. The first-order chi connectivity index (χ1) is 19.2. The van der Waals surface area contributed by atoms with E-state index in [2.05, 4.69) is 5.32 Å². The number of aliphatic hydroxyl groups is 1. The summed E-state index contributed by atoms with van der Waals surface area (Å²) >= 11 is 3.88. The van der Waals surface area contributed by atoms with Gasteiger partial charge in [0.2, 0.25) is 11.8 Å². The van der Waals surface area contributed by atoms with Crippen molar-refractivity contribution < 1.29 is 29.5 Å². The number of aliphatic hydroxyl groups excluding tert-OH is 1. The van der Waals surface area contributed by atoms with Crippen LogP contribution in [0.3, 0.4) is 0 Å². The lowest BCUT2D eigenvalue weighted by Crippen LogP contribution is -2.68. The highest BCUT2D eigenvalue weighted by Gasteiger charge is 2.69. The second kappa shape index (κ2) is 13.1. The van der Waals surface area contributed by atoms with E-state index in [0.29, 0.717) is 35.1 Å². The lowest BCUT2D eigenvalue weighted by atomic mass is 9.89. The molecule has 0 aromatic heterocycles. The number of nitro groups is 1. The third kappa shape index (κ3) is 6.32. The van der Waals surface area contributed by atoms with Crippen LogP contribution < -0.4 is 5.32 Å². The van der Waals surface area contributed by atoms with E-state index in [1.54, 1.807) is 19.1 Å². The topological polar surface area (TPSA) is 150 Å². The third-order valence-corrected chi connectivity index (χ3v) is 11.2. The number of β-lactam (4-membered cyclic amide) rings is 1. The van der Waals surface area contributed by atoms with E-state index >= 15 is 0 Å². The minimum Gasteiger partial charge on any atom is -0.477 e. The predicted molar refractivity (Wildman–Crippen MR) is 156 cm³/mol. The summed E-state index contributed by atoms with van der Waals surface area (Å²) in [5.74, 6) is -1.74. The minimum atomic E-state index is -1.23. The van der Waals surface area contributed by atoms with Gasteiger partial charge in [0.25, 0.3) is 5.69 Å². The largest absolute Gasteiger partial charge is 0.477 e. The molecule has 2 aliphatic rings. The number of rotatable bonds is 14. The van der Waals surface area contributed by atoms with Crippen LogP contribution >= 0.6 is 35.3 Å². The smallest absolute Gasteiger partial charge is 0.354 e. The van der Waals surface area contributed by atoms with Gasteiger partial charge in [0.1, 0.15) is 5.92 Å². The van der Waals surface area contributed by atoms with Gasteiger partial charge in [-0.25, -0.2) is 4.79 Å². The van der Waals surface area contributed by atoms with Crippen molar-refractivity contribution in [1.82, 2.24) is 10.2 Å². The van der Waals surface area contributed by atoms with Crippen molar-refractivity contribution in [2.45, 2.75) is 48.8 Å². The van der Waals surface area contributed by atoms with Crippen molar-refractivity contribution in [2.75, 3.05) is 5.75 Å². The Morgan fingerprint density at radius 2 is 1.88 bits per heavy atom. The molecule has 0 radical (unpaired) electrons. The summed E-state index contributed by atoms with van der Waals surface area (Å²) in [6, 6.07) is 15.6. The molecule has 0 spiro atoms. The van der Waals surface area contributed by atoms with Crippen molar-refractivity contribution >= 4 is 58.8 Å². The molecule has 1 saturated heterocycles. The van der Waals surface area contributed by atoms with Crippen LogP contribution in [0.15, 0.2) is 64.5 Å². The van der Waals surface area contributed by atoms with Crippen molar-refractivity contribution in [3.8, 4) is 0 Å². The van der Waals surface area contributed by atoms with Gasteiger partial charge in [0, 0.05) is 30.9 Å². The number of fused-ring (bicyclic) bond motifs is 1. The molecule has 212 valence electrons. The fraction of sp³-hybridized carbons (Fsp3) is 0.370. The lowest BCUT2D eigenvalue weighted by molar-refractivity contribution is -0.384. The number of carbonyl (C=O) groups is 3. The molecule has 2 aliphatic heterocycles. The van der Waals surface area contributed by atoms with Gasteiger partial charge in [0.15, 0.2) is 9.90 Å². The van der Waals surface area contributed by atoms with E-state index in [4.69, 9.17) is 0 Å². The number of carboxylic acid groups (broad SMARTS) is 1. The Balaban J connectivity index is 1.42. The highest BCUT2D eigenvalue weighted by Crippen LogP contribution is 2.66. The molecule has 2 heterocycles. The molecule has 2 aromatic carbocycles. The van der Waals surface area contributed by atoms with Crippen LogP contribution in [0.2, 0.25) is 0 Å². The zero-order valence-electron chi connectivity index (χ0n) is 21.6. The molecule has 3 atom stereocenters. The summed E-state index contributed by atoms with van der Waals surface area (Å²) in [6.45, 7) is 2.20. The van der Waals surface area contributed by atoms with Crippen molar-refractivity contribution in [2.24, 2.45) is 5.92 Å². The fourth-order valence-corrected chi connectivity index (χ4v) is 9.45. The fourth-order valence-electron chi connectivity index (χ4n) is 4.46. The summed E-state index contributed by atoms with van der Waals surface area (Å²) in [4.78, 5) is 49.5.